The summed E-state index contributed by atoms with van der Waals surface area (Å²) in [6.45, 7) is 7.21. The van der Waals surface area contributed by atoms with E-state index in [1.54, 1.807) is 7.11 Å². The van der Waals surface area contributed by atoms with E-state index >= 15 is 0 Å². The van der Waals surface area contributed by atoms with Crippen molar-refractivity contribution in [3.05, 3.63) is 29.5 Å². The standard InChI is InChI=1S/C22H35N5O2S/c1-25-21(23-24-22(25)30-15-14-26-10-4-3-5-11-26)18-8-12-27(13-9-18)16-19-6-7-20(29-19)17-28-2/h6-7,18H,3-5,8-17H2,1-2H3. The van der Waals surface area contributed by atoms with Gasteiger partial charge in [-0.05, 0) is 64.0 Å². The van der Waals surface area contributed by atoms with Crippen molar-refractivity contribution in [1.29, 1.82) is 0 Å². The van der Waals surface area contributed by atoms with E-state index < -0.39 is 0 Å². The Hall–Kier alpha value is -1.35. The molecule has 0 bridgehead atoms. The molecule has 2 aromatic rings. The number of thioether (sulfide) groups is 1. The van der Waals surface area contributed by atoms with Gasteiger partial charge in [-0.2, -0.15) is 0 Å². The molecule has 2 aromatic heterocycles. The minimum absolute atomic E-state index is 0.496. The largest absolute Gasteiger partial charge is 0.462 e. The average Bonchev–Trinajstić information content (AvgIpc) is 3.36. The van der Waals surface area contributed by atoms with Gasteiger partial charge in [0.25, 0.3) is 0 Å². The number of hydrogen-bond acceptors (Lipinski definition) is 7. The van der Waals surface area contributed by atoms with Gasteiger partial charge in [0.1, 0.15) is 24.0 Å². The molecule has 166 valence electrons. The highest BCUT2D eigenvalue weighted by Gasteiger charge is 2.26. The normalized spacial score (nSPS) is 19.5. The van der Waals surface area contributed by atoms with Crippen molar-refractivity contribution in [2.75, 3.05) is 45.6 Å². The molecule has 2 fully saturated rings. The first-order valence-corrected chi connectivity index (χ1v) is 12.2. The SMILES string of the molecule is COCc1ccc(CN2CCC(c3nnc(SCCN4CCCCC4)n3C)CC2)o1. The minimum Gasteiger partial charge on any atom is -0.462 e. The van der Waals surface area contributed by atoms with Gasteiger partial charge >= 0.3 is 0 Å². The van der Waals surface area contributed by atoms with E-state index in [4.69, 9.17) is 9.15 Å². The Morgan fingerprint density at radius 3 is 2.57 bits per heavy atom. The quantitative estimate of drug-likeness (QED) is 0.561. The maximum absolute atomic E-state index is 5.84. The van der Waals surface area contributed by atoms with Crippen LogP contribution in [-0.4, -0.2) is 70.2 Å². The van der Waals surface area contributed by atoms with Gasteiger partial charge in [0.05, 0.1) is 6.54 Å². The van der Waals surface area contributed by atoms with E-state index in [0.29, 0.717) is 12.5 Å². The summed E-state index contributed by atoms with van der Waals surface area (Å²) < 4.78 is 13.2. The van der Waals surface area contributed by atoms with Crippen LogP contribution in [0.5, 0.6) is 0 Å². The van der Waals surface area contributed by atoms with Gasteiger partial charge in [0.2, 0.25) is 0 Å². The summed E-state index contributed by atoms with van der Waals surface area (Å²) >= 11 is 1.85. The highest BCUT2D eigenvalue weighted by molar-refractivity contribution is 7.99. The van der Waals surface area contributed by atoms with Crippen LogP contribution in [0.1, 0.15) is 55.4 Å². The maximum atomic E-state index is 5.84. The van der Waals surface area contributed by atoms with Gasteiger partial charge in [0.15, 0.2) is 5.16 Å². The van der Waals surface area contributed by atoms with Gasteiger partial charge in [-0.1, -0.05) is 18.2 Å². The Balaban J connectivity index is 1.23. The Morgan fingerprint density at radius 1 is 1.03 bits per heavy atom. The smallest absolute Gasteiger partial charge is 0.191 e. The molecular formula is C22H35N5O2S. The number of hydrogen-bond donors (Lipinski definition) is 0. The van der Waals surface area contributed by atoms with Crippen LogP contribution in [0.25, 0.3) is 0 Å². The fourth-order valence-corrected chi connectivity index (χ4v) is 5.47. The second-order valence-corrected chi connectivity index (χ2v) is 9.56. The van der Waals surface area contributed by atoms with Gasteiger partial charge in [-0.25, -0.2) is 0 Å². The van der Waals surface area contributed by atoms with E-state index in [-0.39, 0.29) is 0 Å². The van der Waals surface area contributed by atoms with Crippen LogP contribution in [-0.2, 0) is 24.9 Å². The lowest BCUT2D eigenvalue weighted by Crippen LogP contribution is -2.33. The third-order valence-corrected chi connectivity index (χ3v) is 7.29. The van der Waals surface area contributed by atoms with E-state index in [9.17, 15) is 0 Å². The molecule has 2 saturated heterocycles. The molecule has 8 heteroatoms. The van der Waals surface area contributed by atoms with Crippen molar-refractivity contribution in [2.24, 2.45) is 7.05 Å². The summed E-state index contributed by atoms with van der Waals surface area (Å²) in [4.78, 5) is 5.05. The van der Waals surface area contributed by atoms with Gasteiger partial charge in [0, 0.05) is 32.4 Å². The van der Waals surface area contributed by atoms with Crippen molar-refractivity contribution in [3.63, 3.8) is 0 Å². The summed E-state index contributed by atoms with van der Waals surface area (Å²) in [6.07, 6.45) is 6.34. The van der Waals surface area contributed by atoms with Crippen molar-refractivity contribution in [1.82, 2.24) is 24.6 Å². The van der Waals surface area contributed by atoms with Crippen molar-refractivity contribution < 1.29 is 9.15 Å². The van der Waals surface area contributed by atoms with Crippen LogP contribution >= 0.6 is 11.8 Å². The highest BCUT2D eigenvalue weighted by atomic mass is 32.2. The lowest BCUT2D eigenvalue weighted by Gasteiger charge is -2.30. The molecule has 0 spiro atoms. The molecule has 7 nitrogen and oxygen atoms in total. The van der Waals surface area contributed by atoms with Gasteiger partial charge in [-0.15, -0.1) is 10.2 Å². The van der Waals surface area contributed by atoms with E-state index in [1.165, 1.54) is 32.4 Å². The van der Waals surface area contributed by atoms with Crippen LogP contribution in [0, 0.1) is 0 Å². The first-order valence-electron chi connectivity index (χ1n) is 11.3. The second kappa shape index (κ2) is 10.8. The number of nitrogens with zero attached hydrogens (tertiary/aromatic N) is 5. The molecule has 30 heavy (non-hydrogen) atoms. The average molecular weight is 434 g/mol. The minimum atomic E-state index is 0.496. The third-order valence-electron chi connectivity index (χ3n) is 6.29. The predicted octanol–water partition coefficient (Wildman–Crippen LogP) is 3.51. The zero-order valence-electron chi connectivity index (χ0n) is 18.4. The van der Waals surface area contributed by atoms with Crippen molar-refractivity contribution in [2.45, 2.75) is 56.3 Å². The Kier molecular flexibility index (Phi) is 7.87. The molecule has 4 heterocycles. The third kappa shape index (κ3) is 5.66. The van der Waals surface area contributed by atoms with Crippen molar-refractivity contribution >= 4 is 11.8 Å². The predicted molar refractivity (Wildman–Crippen MR) is 119 cm³/mol. The lowest BCUT2D eigenvalue weighted by molar-refractivity contribution is 0.154. The molecule has 0 saturated carbocycles. The van der Waals surface area contributed by atoms with E-state index in [2.05, 4.69) is 37.7 Å². The van der Waals surface area contributed by atoms with Crippen LogP contribution < -0.4 is 0 Å². The molecule has 2 aliphatic heterocycles. The summed E-state index contributed by atoms with van der Waals surface area (Å²) in [7, 11) is 3.82. The molecule has 0 unspecified atom stereocenters. The van der Waals surface area contributed by atoms with Crippen LogP contribution in [0.15, 0.2) is 21.7 Å². The number of rotatable bonds is 9. The maximum Gasteiger partial charge on any atom is 0.191 e. The molecule has 0 atom stereocenters. The summed E-state index contributed by atoms with van der Waals surface area (Å²) in [5.74, 6) is 4.66. The summed E-state index contributed by atoms with van der Waals surface area (Å²) in [5, 5.41) is 10.1. The summed E-state index contributed by atoms with van der Waals surface area (Å²) in [6, 6.07) is 4.08. The van der Waals surface area contributed by atoms with Gasteiger partial charge < -0.3 is 18.6 Å². The number of furan rings is 1. The second-order valence-electron chi connectivity index (χ2n) is 8.50. The van der Waals surface area contributed by atoms with Crippen LogP contribution in [0.4, 0.5) is 0 Å². The molecule has 2 aliphatic rings. The molecule has 0 amide bonds. The van der Waals surface area contributed by atoms with Crippen LogP contribution in [0.3, 0.4) is 0 Å². The molecule has 0 aliphatic carbocycles. The number of aromatic nitrogens is 3. The number of methoxy groups -OCH3 is 1. The monoisotopic (exact) mass is 433 g/mol. The zero-order valence-corrected chi connectivity index (χ0v) is 19.2. The fourth-order valence-electron chi connectivity index (χ4n) is 4.55. The Bertz CT molecular complexity index is 778. The van der Waals surface area contributed by atoms with Gasteiger partial charge in [-0.3, -0.25) is 4.90 Å². The Labute approximate surface area is 184 Å². The molecule has 0 aromatic carbocycles. The zero-order chi connectivity index (χ0) is 20.8. The van der Waals surface area contributed by atoms with Crippen molar-refractivity contribution in [3.8, 4) is 0 Å². The fraction of sp³-hybridized carbons (Fsp3) is 0.727. The lowest BCUT2D eigenvalue weighted by atomic mass is 9.96. The topological polar surface area (TPSA) is 59.6 Å². The highest BCUT2D eigenvalue weighted by Crippen LogP contribution is 2.29. The Morgan fingerprint density at radius 2 is 1.80 bits per heavy atom. The molecule has 0 radical (unpaired) electrons. The molecule has 4 rings (SSSR count). The first-order chi connectivity index (χ1) is 14.7. The van der Waals surface area contributed by atoms with E-state index in [1.807, 2.05) is 17.8 Å². The number of likely N-dealkylation sites (tertiary alicyclic amines) is 2. The number of piperidine rings is 2. The number of ether oxygens (including phenoxy) is 1. The first kappa shape index (κ1) is 21.9. The van der Waals surface area contributed by atoms with E-state index in [0.717, 1.165) is 67.3 Å². The molecular weight excluding hydrogens is 398 g/mol. The summed E-state index contributed by atoms with van der Waals surface area (Å²) in [5.41, 5.74) is 0. The molecule has 0 N–H and O–H groups in total. The van der Waals surface area contributed by atoms with Crippen LogP contribution in [0.2, 0.25) is 0 Å².